The average Bonchev–Trinajstić information content (AvgIpc) is 3.10. The van der Waals surface area contributed by atoms with Crippen LogP contribution < -0.4 is 30.5 Å². The molecule has 0 radical (unpaired) electrons. The molecular formula is C39H32BrFO9. The Balaban J connectivity index is 0.000000150. The third kappa shape index (κ3) is 7.18. The first-order valence-electron chi connectivity index (χ1n) is 15.2. The number of hydrogen-bond acceptors (Lipinski definition) is 9. The van der Waals surface area contributed by atoms with Crippen molar-refractivity contribution < 1.29 is 31.9 Å². The fourth-order valence-corrected chi connectivity index (χ4v) is 5.69. The van der Waals surface area contributed by atoms with Gasteiger partial charge in [-0.3, -0.25) is 14.4 Å². The Bertz CT molecular complexity index is 2530. The highest BCUT2D eigenvalue weighted by Gasteiger charge is 2.17. The van der Waals surface area contributed by atoms with Gasteiger partial charge in [0, 0.05) is 6.07 Å². The Labute approximate surface area is 293 Å². The van der Waals surface area contributed by atoms with Crippen LogP contribution in [0.25, 0.3) is 44.0 Å². The van der Waals surface area contributed by atoms with Crippen molar-refractivity contribution in [2.75, 3.05) is 21.3 Å². The predicted molar refractivity (Wildman–Crippen MR) is 194 cm³/mol. The lowest BCUT2D eigenvalue weighted by atomic mass is 10.0. The van der Waals surface area contributed by atoms with Crippen molar-refractivity contribution in [2.24, 2.45) is 0 Å². The monoisotopic (exact) mass is 742 g/mol. The summed E-state index contributed by atoms with van der Waals surface area (Å²) in [4.78, 5) is 36.4. The van der Waals surface area contributed by atoms with Gasteiger partial charge in [0.1, 0.15) is 77.7 Å². The number of methoxy groups -OCH3 is 3. The zero-order chi connectivity index (χ0) is 36.1. The molecule has 50 heavy (non-hydrogen) atoms. The van der Waals surface area contributed by atoms with Gasteiger partial charge >= 0.3 is 0 Å². The highest BCUT2D eigenvalue weighted by molar-refractivity contribution is 9.10. The van der Waals surface area contributed by atoms with E-state index in [9.17, 15) is 18.8 Å². The van der Waals surface area contributed by atoms with Gasteiger partial charge in [-0.15, -0.1) is 0 Å². The number of rotatable bonds is 4. The molecule has 0 saturated heterocycles. The summed E-state index contributed by atoms with van der Waals surface area (Å²) in [5, 5.41) is 1.34. The van der Waals surface area contributed by atoms with Crippen LogP contribution in [0.2, 0.25) is 0 Å². The van der Waals surface area contributed by atoms with Gasteiger partial charge in [-0.2, -0.15) is 0 Å². The highest BCUT2D eigenvalue weighted by Crippen LogP contribution is 2.29. The first kappa shape index (κ1) is 35.6. The van der Waals surface area contributed by atoms with Crippen molar-refractivity contribution in [2.45, 2.75) is 20.8 Å². The summed E-state index contributed by atoms with van der Waals surface area (Å²) in [5.74, 6) is 2.76. The number of fused-ring (bicyclic) bond motifs is 3. The van der Waals surface area contributed by atoms with Crippen molar-refractivity contribution in [3.05, 3.63) is 143 Å². The molecule has 7 aromatic rings. The molecule has 0 spiro atoms. The molecule has 7 rings (SSSR count). The number of ether oxygens (including phenoxy) is 3. The molecule has 3 aromatic heterocycles. The number of hydrogen-bond donors (Lipinski definition) is 0. The molecule has 0 unspecified atom stereocenters. The second-order valence-corrected chi connectivity index (χ2v) is 11.7. The summed E-state index contributed by atoms with van der Waals surface area (Å²) in [6, 6.07) is 23.1. The van der Waals surface area contributed by atoms with Gasteiger partial charge < -0.3 is 27.5 Å². The van der Waals surface area contributed by atoms with Crippen molar-refractivity contribution in [3.8, 4) is 28.4 Å². The molecule has 0 fully saturated rings. The fraction of sp³-hybridized carbons (Fsp3) is 0.154. The van der Waals surface area contributed by atoms with Crippen LogP contribution >= 0.6 is 15.9 Å². The van der Waals surface area contributed by atoms with Gasteiger partial charge in [0.2, 0.25) is 10.9 Å². The lowest BCUT2D eigenvalue weighted by molar-refractivity contribution is 0.418. The maximum Gasteiger partial charge on any atom is 0.210 e. The van der Waals surface area contributed by atoms with E-state index in [1.54, 1.807) is 87.5 Å². The van der Waals surface area contributed by atoms with E-state index < -0.39 is 5.82 Å². The molecule has 0 bridgehead atoms. The second-order valence-electron chi connectivity index (χ2n) is 10.9. The molecule has 256 valence electrons. The predicted octanol–water partition coefficient (Wildman–Crippen LogP) is 8.90. The van der Waals surface area contributed by atoms with Crippen molar-refractivity contribution >= 4 is 48.8 Å². The minimum Gasteiger partial charge on any atom is -0.496 e. The molecule has 0 saturated carbocycles. The smallest absolute Gasteiger partial charge is 0.210 e. The van der Waals surface area contributed by atoms with E-state index in [4.69, 9.17) is 27.5 Å². The Kier molecular flexibility index (Phi) is 10.9. The molecule has 11 heteroatoms. The molecule has 0 atom stereocenters. The van der Waals surface area contributed by atoms with Gasteiger partial charge in [0.25, 0.3) is 0 Å². The normalized spacial score (nSPS) is 10.6. The highest BCUT2D eigenvalue weighted by atomic mass is 79.9. The third-order valence-electron chi connectivity index (χ3n) is 7.66. The SMILES string of the molecule is COc1cccc2oc(C)c(-c3cccc(F)c3)c(=O)c12.COc1cccc2oc(C)c(Br)c(=O)c12.COc1cccc2oc(C)cc(=O)c12. The summed E-state index contributed by atoms with van der Waals surface area (Å²) >= 11 is 3.20. The Morgan fingerprint density at radius 1 is 0.580 bits per heavy atom. The Morgan fingerprint density at radius 2 is 1.06 bits per heavy atom. The molecule has 0 amide bonds. The largest absolute Gasteiger partial charge is 0.496 e. The third-order valence-corrected chi connectivity index (χ3v) is 8.58. The first-order valence-corrected chi connectivity index (χ1v) is 16.0. The second kappa shape index (κ2) is 15.3. The summed E-state index contributed by atoms with van der Waals surface area (Å²) in [6.45, 7) is 5.19. The minimum absolute atomic E-state index is 0.0683. The summed E-state index contributed by atoms with van der Waals surface area (Å²) < 4.78 is 45.9. The summed E-state index contributed by atoms with van der Waals surface area (Å²) in [5.41, 5.74) is 2.01. The van der Waals surface area contributed by atoms with E-state index in [-0.39, 0.29) is 16.3 Å². The molecule has 0 aliphatic heterocycles. The van der Waals surface area contributed by atoms with Crippen LogP contribution in [0.5, 0.6) is 17.2 Å². The molecule has 3 heterocycles. The quantitative estimate of drug-likeness (QED) is 0.174. The lowest BCUT2D eigenvalue weighted by Gasteiger charge is -2.09. The number of halogens is 2. The van der Waals surface area contributed by atoms with Gasteiger partial charge in [0.15, 0.2) is 5.43 Å². The average molecular weight is 744 g/mol. The van der Waals surface area contributed by atoms with Crippen LogP contribution in [0.1, 0.15) is 17.3 Å². The molecule has 9 nitrogen and oxygen atoms in total. The fourth-order valence-electron chi connectivity index (χ4n) is 5.41. The molecule has 0 aliphatic rings. The standard InChI is InChI=1S/C17H13FO3.C11H9BrO3.C11H10O3/c1-10-15(11-5-3-6-12(18)9-11)17(19)16-13(20-2)7-4-8-14(16)21-10;1-6-10(12)11(13)9-7(14-2)4-3-5-8(9)15-6;1-7-6-8(12)11-9(13-2)4-3-5-10(11)14-7/h3-9H,1-2H3;3-5H,1-2H3;3-6H,1-2H3. The van der Waals surface area contributed by atoms with Crippen LogP contribution in [0.3, 0.4) is 0 Å². The van der Waals surface area contributed by atoms with E-state index in [0.29, 0.717) is 83.0 Å². The van der Waals surface area contributed by atoms with E-state index in [2.05, 4.69) is 15.9 Å². The van der Waals surface area contributed by atoms with E-state index in [0.717, 1.165) is 0 Å². The van der Waals surface area contributed by atoms with Crippen molar-refractivity contribution in [1.82, 2.24) is 0 Å². The minimum atomic E-state index is -0.397. The summed E-state index contributed by atoms with van der Waals surface area (Å²) in [7, 11) is 4.56. The Morgan fingerprint density at radius 3 is 1.60 bits per heavy atom. The first-order chi connectivity index (χ1) is 24.0. The summed E-state index contributed by atoms with van der Waals surface area (Å²) in [6.07, 6.45) is 0. The maximum atomic E-state index is 13.4. The Hall–Kier alpha value is -5.68. The number of benzene rings is 4. The van der Waals surface area contributed by atoms with Gasteiger partial charge in [-0.05, 0) is 90.8 Å². The van der Waals surface area contributed by atoms with Crippen LogP contribution in [0.4, 0.5) is 4.39 Å². The van der Waals surface area contributed by atoms with Gasteiger partial charge in [-0.25, -0.2) is 4.39 Å². The van der Waals surface area contributed by atoms with E-state index in [1.165, 1.54) is 39.5 Å². The van der Waals surface area contributed by atoms with E-state index in [1.807, 2.05) is 0 Å². The van der Waals surface area contributed by atoms with Gasteiger partial charge in [-0.1, -0.05) is 30.3 Å². The van der Waals surface area contributed by atoms with Crippen LogP contribution in [-0.2, 0) is 0 Å². The molecular weight excluding hydrogens is 711 g/mol. The maximum absolute atomic E-state index is 13.4. The number of aryl methyl sites for hydroxylation is 3. The van der Waals surface area contributed by atoms with Crippen molar-refractivity contribution in [3.63, 3.8) is 0 Å². The van der Waals surface area contributed by atoms with Crippen LogP contribution in [-0.4, -0.2) is 21.3 Å². The van der Waals surface area contributed by atoms with E-state index >= 15 is 0 Å². The molecule has 0 N–H and O–H groups in total. The topological polar surface area (TPSA) is 118 Å². The van der Waals surface area contributed by atoms with Crippen LogP contribution in [0.15, 0.2) is 117 Å². The zero-order valence-corrected chi connectivity index (χ0v) is 29.6. The molecule has 4 aromatic carbocycles. The van der Waals surface area contributed by atoms with Gasteiger partial charge in [0.05, 0.1) is 26.9 Å². The van der Waals surface area contributed by atoms with Crippen LogP contribution in [0, 0.1) is 26.6 Å². The lowest BCUT2D eigenvalue weighted by Crippen LogP contribution is -2.08. The molecule has 0 aliphatic carbocycles. The van der Waals surface area contributed by atoms with Crippen molar-refractivity contribution in [1.29, 1.82) is 0 Å². The zero-order valence-electron chi connectivity index (χ0n) is 28.0.